The van der Waals surface area contributed by atoms with Gasteiger partial charge in [0, 0.05) is 37.6 Å². The molecule has 0 saturated heterocycles. The van der Waals surface area contributed by atoms with Crippen molar-refractivity contribution in [3.63, 3.8) is 0 Å². The van der Waals surface area contributed by atoms with Gasteiger partial charge in [-0.2, -0.15) is 5.10 Å². The maximum atomic E-state index is 5.81. The Morgan fingerprint density at radius 3 is 3.20 bits per heavy atom. The Morgan fingerprint density at radius 1 is 1.28 bits per heavy atom. The molecule has 0 aliphatic carbocycles. The van der Waals surface area contributed by atoms with Gasteiger partial charge < -0.3 is 10.1 Å². The quantitative estimate of drug-likeness (QED) is 0.782. The zero-order valence-corrected chi connectivity index (χ0v) is 14.3. The largest absolute Gasteiger partial charge is 0.490 e. The highest BCUT2D eigenvalue weighted by molar-refractivity contribution is 5.56. The maximum Gasteiger partial charge on any atom is 0.165 e. The summed E-state index contributed by atoms with van der Waals surface area (Å²) in [5.41, 5.74) is 4.51. The molecular weight excluding hydrogens is 314 g/mol. The normalized spacial score (nSPS) is 19.2. The van der Waals surface area contributed by atoms with Crippen LogP contribution in [-0.2, 0) is 19.5 Å². The van der Waals surface area contributed by atoms with Crippen LogP contribution in [0.25, 0.3) is 17.2 Å². The van der Waals surface area contributed by atoms with Crippen LogP contribution in [0.1, 0.15) is 24.6 Å². The third-order valence-electron chi connectivity index (χ3n) is 4.92. The Labute approximate surface area is 146 Å². The number of imidazole rings is 1. The highest BCUT2D eigenvalue weighted by atomic mass is 16.5. The van der Waals surface area contributed by atoms with Crippen molar-refractivity contribution in [2.75, 3.05) is 6.54 Å². The molecule has 0 spiro atoms. The molecule has 25 heavy (non-hydrogen) atoms. The number of ether oxygens (including phenoxy) is 1. The van der Waals surface area contributed by atoms with Gasteiger partial charge in [-0.1, -0.05) is 0 Å². The molecule has 1 N–H and O–H groups in total. The van der Waals surface area contributed by atoms with Crippen LogP contribution in [0.3, 0.4) is 0 Å². The van der Waals surface area contributed by atoms with Crippen LogP contribution in [0.4, 0.5) is 0 Å². The van der Waals surface area contributed by atoms with E-state index in [-0.39, 0.29) is 6.10 Å². The second-order valence-corrected chi connectivity index (χ2v) is 6.82. The molecular formula is C19H21N5O. The van der Waals surface area contributed by atoms with Crippen LogP contribution in [0, 0.1) is 0 Å². The van der Waals surface area contributed by atoms with Gasteiger partial charge in [0.15, 0.2) is 5.82 Å². The molecule has 5 rings (SSSR count). The minimum Gasteiger partial charge on any atom is -0.490 e. The van der Waals surface area contributed by atoms with Crippen LogP contribution in [0.5, 0.6) is 5.75 Å². The fourth-order valence-corrected chi connectivity index (χ4v) is 3.73. The number of nitrogens with one attached hydrogen (secondary N) is 1. The van der Waals surface area contributed by atoms with Crippen molar-refractivity contribution >= 4 is 0 Å². The average Bonchev–Trinajstić information content (AvgIpc) is 3.28. The lowest BCUT2D eigenvalue weighted by Crippen LogP contribution is -2.11. The third kappa shape index (κ3) is 2.53. The Morgan fingerprint density at radius 2 is 2.24 bits per heavy atom. The molecule has 2 aliphatic rings. The maximum absolute atomic E-state index is 5.81. The lowest BCUT2D eigenvalue weighted by Gasteiger charge is -2.08. The summed E-state index contributed by atoms with van der Waals surface area (Å²) in [6.07, 6.45) is 6.15. The predicted molar refractivity (Wildman–Crippen MR) is 94.9 cm³/mol. The van der Waals surface area contributed by atoms with E-state index >= 15 is 0 Å². The van der Waals surface area contributed by atoms with E-state index in [0.29, 0.717) is 0 Å². The van der Waals surface area contributed by atoms with Gasteiger partial charge in [-0.15, -0.1) is 0 Å². The number of hydrogen-bond donors (Lipinski definition) is 1. The first-order chi connectivity index (χ1) is 12.3. The first-order valence-electron chi connectivity index (χ1n) is 8.89. The molecule has 2 aromatic heterocycles. The van der Waals surface area contributed by atoms with E-state index in [1.165, 1.54) is 11.3 Å². The van der Waals surface area contributed by atoms with E-state index in [4.69, 9.17) is 9.84 Å². The minimum absolute atomic E-state index is 0.254. The van der Waals surface area contributed by atoms with Gasteiger partial charge in [0.05, 0.1) is 5.69 Å². The van der Waals surface area contributed by atoms with Gasteiger partial charge in [-0.3, -0.25) is 9.25 Å². The predicted octanol–water partition coefficient (Wildman–Crippen LogP) is 2.55. The van der Waals surface area contributed by atoms with E-state index in [1.54, 1.807) is 0 Å². The van der Waals surface area contributed by atoms with Crippen LogP contribution in [-0.4, -0.2) is 32.0 Å². The molecule has 6 nitrogen and oxygen atoms in total. The second-order valence-electron chi connectivity index (χ2n) is 6.82. The van der Waals surface area contributed by atoms with Crippen molar-refractivity contribution < 1.29 is 4.74 Å². The van der Waals surface area contributed by atoms with Crippen LogP contribution in [0.15, 0.2) is 36.7 Å². The molecule has 1 atom stereocenters. The van der Waals surface area contributed by atoms with Gasteiger partial charge in [0.1, 0.15) is 17.5 Å². The molecule has 6 heteroatoms. The summed E-state index contributed by atoms with van der Waals surface area (Å²) in [5.74, 6) is 1.88. The summed E-state index contributed by atoms with van der Waals surface area (Å²) in [4.78, 5) is 4.57. The van der Waals surface area contributed by atoms with Gasteiger partial charge >= 0.3 is 0 Å². The molecule has 3 aromatic rings. The van der Waals surface area contributed by atoms with E-state index in [0.717, 1.165) is 55.4 Å². The molecule has 2 aliphatic heterocycles. The topological polar surface area (TPSA) is 56.9 Å². The van der Waals surface area contributed by atoms with Crippen molar-refractivity contribution in [2.24, 2.45) is 0 Å². The van der Waals surface area contributed by atoms with Gasteiger partial charge in [-0.25, -0.2) is 4.98 Å². The van der Waals surface area contributed by atoms with E-state index in [1.807, 2.05) is 12.4 Å². The third-order valence-corrected chi connectivity index (χ3v) is 4.92. The fraction of sp³-hybridized carbons (Fsp3) is 0.368. The van der Waals surface area contributed by atoms with Gasteiger partial charge in [0.25, 0.3) is 0 Å². The summed E-state index contributed by atoms with van der Waals surface area (Å²) in [7, 11) is 0. The zero-order chi connectivity index (χ0) is 16.8. The lowest BCUT2D eigenvalue weighted by molar-refractivity contribution is 0.254. The number of aryl methyl sites for hydroxylation is 1. The van der Waals surface area contributed by atoms with Crippen LogP contribution < -0.4 is 10.1 Å². The monoisotopic (exact) mass is 335 g/mol. The van der Waals surface area contributed by atoms with Gasteiger partial charge in [0.2, 0.25) is 0 Å². The Balaban J connectivity index is 1.54. The van der Waals surface area contributed by atoms with Crippen LogP contribution >= 0.6 is 0 Å². The summed E-state index contributed by atoms with van der Waals surface area (Å²) < 4.78 is 10.0. The zero-order valence-electron chi connectivity index (χ0n) is 14.3. The highest BCUT2D eigenvalue weighted by Crippen LogP contribution is 2.31. The molecule has 128 valence electrons. The van der Waals surface area contributed by atoms with E-state index < -0.39 is 0 Å². The molecule has 0 amide bonds. The van der Waals surface area contributed by atoms with E-state index in [9.17, 15) is 0 Å². The summed E-state index contributed by atoms with van der Waals surface area (Å²) in [5, 5.41) is 8.23. The molecule has 0 saturated carbocycles. The molecule has 4 heterocycles. The molecule has 0 fully saturated rings. The molecule has 1 aromatic carbocycles. The Bertz CT molecular complexity index is 902. The smallest absolute Gasteiger partial charge is 0.165 e. The molecule has 0 bridgehead atoms. The summed E-state index contributed by atoms with van der Waals surface area (Å²) in [6.45, 7) is 4.97. The SMILES string of the molecule is C[C@H]1Cc2cc(-n3ccnc3-c3cc4n(n3)CCCNC4)ccc2O1. The van der Waals surface area contributed by atoms with Crippen molar-refractivity contribution in [2.45, 2.75) is 39.0 Å². The summed E-state index contributed by atoms with van der Waals surface area (Å²) in [6, 6.07) is 8.50. The van der Waals surface area contributed by atoms with Crippen molar-refractivity contribution in [1.82, 2.24) is 24.6 Å². The number of fused-ring (bicyclic) bond motifs is 2. The second kappa shape index (κ2) is 5.74. The fourth-order valence-electron chi connectivity index (χ4n) is 3.73. The lowest BCUT2D eigenvalue weighted by atomic mass is 10.1. The Kier molecular flexibility index (Phi) is 3.38. The molecule has 0 radical (unpaired) electrons. The highest BCUT2D eigenvalue weighted by Gasteiger charge is 2.21. The number of nitrogens with zero attached hydrogens (tertiary/aromatic N) is 4. The van der Waals surface area contributed by atoms with Crippen molar-refractivity contribution in [1.29, 1.82) is 0 Å². The number of aromatic nitrogens is 4. The first-order valence-corrected chi connectivity index (χ1v) is 8.89. The number of hydrogen-bond acceptors (Lipinski definition) is 4. The number of rotatable bonds is 2. The standard InChI is InChI=1S/C19H21N5O/c1-13-9-14-10-15(3-4-18(14)25-13)23-8-6-21-19(23)17-11-16-12-20-5-2-7-24(16)22-17/h3-4,6,8,10-11,13,20H,2,5,7,9,12H2,1H3/t13-/m0/s1. The van der Waals surface area contributed by atoms with Crippen molar-refractivity contribution in [3.8, 4) is 23.0 Å². The van der Waals surface area contributed by atoms with Gasteiger partial charge in [-0.05, 0) is 49.7 Å². The van der Waals surface area contributed by atoms with Crippen LogP contribution in [0.2, 0.25) is 0 Å². The first kappa shape index (κ1) is 14.7. The minimum atomic E-state index is 0.254. The number of benzene rings is 1. The van der Waals surface area contributed by atoms with E-state index in [2.05, 4.69) is 50.7 Å². The Hall–Kier alpha value is -2.60. The van der Waals surface area contributed by atoms with Crippen molar-refractivity contribution in [3.05, 3.63) is 47.9 Å². The average molecular weight is 335 g/mol. The summed E-state index contributed by atoms with van der Waals surface area (Å²) >= 11 is 0. The molecule has 0 unspecified atom stereocenters.